The largest absolute Gasteiger partial charge is 0.352 e. The van der Waals surface area contributed by atoms with Crippen molar-refractivity contribution < 1.29 is 0 Å². The quantitative estimate of drug-likeness (QED) is 0.585. The van der Waals surface area contributed by atoms with Crippen LogP contribution in [0.1, 0.15) is 33.9 Å². The Morgan fingerprint density at radius 2 is 1.46 bits per heavy atom. The van der Waals surface area contributed by atoms with Crippen LogP contribution in [0.5, 0.6) is 0 Å². The van der Waals surface area contributed by atoms with Crippen molar-refractivity contribution in [2.24, 2.45) is 0 Å². The van der Waals surface area contributed by atoms with Crippen LogP contribution in [-0.4, -0.2) is 5.11 Å². The van der Waals surface area contributed by atoms with Crippen molar-refractivity contribution in [2.45, 2.75) is 26.8 Å². The van der Waals surface area contributed by atoms with E-state index in [4.69, 9.17) is 12.2 Å². The summed E-state index contributed by atoms with van der Waals surface area (Å²) >= 11 is 5.62. The second kappa shape index (κ2) is 8.15. The fourth-order valence-corrected chi connectivity index (χ4v) is 3.33. The third-order valence-electron chi connectivity index (χ3n) is 4.41. The van der Waals surface area contributed by atoms with E-state index >= 15 is 0 Å². The monoisotopic (exact) mass is 360 g/mol. The molecule has 0 saturated heterocycles. The topological polar surface area (TPSA) is 24.1 Å². The van der Waals surface area contributed by atoms with E-state index in [0.717, 1.165) is 5.69 Å². The Morgan fingerprint density at radius 1 is 0.769 bits per heavy atom. The van der Waals surface area contributed by atoms with Gasteiger partial charge in [0.05, 0.1) is 6.04 Å². The maximum Gasteiger partial charge on any atom is 0.171 e. The number of anilines is 1. The summed E-state index contributed by atoms with van der Waals surface area (Å²) in [5, 5.41) is 7.45. The lowest BCUT2D eigenvalue weighted by atomic mass is 9.97. The average Bonchev–Trinajstić information content (AvgIpc) is 2.63. The van der Waals surface area contributed by atoms with Gasteiger partial charge in [0.2, 0.25) is 0 Å². The molecule has 26 heavy (non-hydrogen) atoms. The van der Waals surface area contributed by atoms with Crippen molar-refractivity contribution >= 4 is 23.0 Å². The van der Waals surface area contributed by atoms with Gasteiger partial charge in [-0.15, -0.1) is 0 Å². The molecule has 3 heteroatoms. The highest BCUT2D eigenvalue weighted by Crippen LogP contribution is 2.23. The fraction of sp³-hybridized carbons (Fsp3) is 0.174. The lowest BCUT2D eigenvalue weighted by Gasteiger charge is -2.23. The van der Waals surface area contributed by atoms with Crippen molar-refractivity contribution in [2.75, 3.05) is 5.32 Å². The van der Waals surface area contributed by atoms with Crippen LogP contribution in [-0.2, 0) is 0 Å². The summed E-state index contributed by atoms with van der Waals surface area (Å²) in [4.78, 5) is 0. The Balaban J connectivity index is 1.85. The highest BCUT2D eigenvalue weighted by molar-refractivity contribution is 7.80. The van der Waals surface area contributed by atoms with E-state index in [1.54, 1.807) is 0 Å². The van der Waals surface area contributed by atoms with Crippen LogP contribution in [0.15, 0.2) is 72.8 Å². The number of nitrogens with one attached hydrogen (secondary N) is 2. The molecule has 0 aromatic heterocycles. The maximum absolute atomic E-state index is 5.62. The summed E-state index contributed by atoms with van der Waals surface area (Å²) in [7, 11) is 0. The molecule has 0 saturated carbocycles. The Kier molecular flexibility index (Phi) is 5.69. The smallest absolute Gasteiger partial charge is 0.171 e. The molecular formula is C23H24N2S. The molecule has 0 heterocycles. The van der Waals surface area contributed by atoms with E-state index in [1.807, 2.05) is 6.07 Å². The van der Waals surface area contributed by atoms with Crippen molar-refractivity contribution in [1.29, 1.82) is 0 Å². The lowest BCUT2D eigenvalue weighted by Crippen LogP contribution is -2.33. The molecule has 0 aliphatic carbocycles. The average molecular weight is 361 g/mol. The summed E-state index contributed by atoms with van der Waals surface area (Å²) in [5.74, 6) is 0. The minimum Gasteiger partial charge on any atom is -0.352 e. The van der Waals surface area contributed by atoms with E-state index in [1.165, 1.54) is 27.8 Å². The van der Waals surface area contributed by atoms with E-state index in [0.29, 0.717) is 5.11 Å². The van der Waals surface area contributed by atoms with Gasteiger partial charge in [0, 0.05) is 5.69 Å². The molecule has 2 nitrogen and oxygen atoms in total. The molecule has 3 aromatic carbocycles. The lowest BCUT2D eigenvalue weighted by molar-refractivity contribution is 0.767. The molecule has 0 amide bonds. The van der Waals surface area contributed by atoms with Gasteiger partial charge < -0.3 is 10.6 Å². The first-order chi connectivity index (χ1) is 12.5. The van der Waals surface area contributed by atoms with Gasteiger partial charge in [0.25, 0.3) is 0 Å². The Labute approximate surface area is 161 Å². The van der Waals surface area contributed by atoms with Gasteiger partial charge in [-0.2, -0.15) is 0 Å². The zero-order valence-electron chi connectivity index (χ0n) is 15.4. The number of hydrogen-bond acceptors (Lipinski definition) is 1. The summed E-state index contributed by atoms with van der Waals surface area (Å²) in [6, 6.07) is 25.2. The van der Waals surface area contributed by atoms with Crippen LogP contribution < -0.4 is 10.6 Å². The molecule has 0 unspecified atom stereocenters. The molecule has 2 N–H and O–H groups in total. The molecule has 1 atom stereocenters. The molecule has 3 aromatic rings. The summed E-state index contributed by atoms with van der Waals surface area (Å²) in [5.41, 5.74) is 7.07. The normalized spacial score (nSPS) is 11.7. The van der Waals surface area contributed by atoms with E-state index in [2.05, 4.69) is 98.1 Å². The fourth-order valence-electron chi connectivity index (χ4n) is 3.10. The highest BCUT2D eigenvalue weighted by Gasteiger charge is 2.15. The van der Waals surface area contributed by atoms with Gasteiger partial charge in [-0.05, 0) is 55.7 Å². The van der Waals surface area contributed by atoms with Crippen LogP contribution in [0.3, 0.4) is 0 Å². The third-order valence-corrected chi connectivity index (χ3v) is 4.63. The van der Waals surface area contributed by atoms with Crippen molar-refractivity contribution in [1.82, 2.24) is 5.32 Å². The van der Waals surface area contributed by atoms with Crippen LogP contribution in [0.25, 0.3) is 0 Å². The molecule has 3 rings (SSSR count). The molecule has 132 valence electrons. The number of benzene rings is 3. The maximum atomic E-state index is 5.62. The Morgan fingerprint density at radius 3 is 2.15 bits per heavy atom. The van der Waals surface area contributed by atoms with E-state index in [9.17, 15) is 0 Å². The predicted octanol–water partition coefficient (Wildman–Crippen LogP) is 5.69. The van der Waals surface area contributed by atoms with Gasteiger partial charge in [-0.25, -0.2) is 0 Å². The number of hydrogen-bond donors (Lipinski definition) is 2. The van der Waals surface area contributed by atoms with Gasteiger partial charge in [-0.3, -0.25) is 0 Å². The third kappa shape index (κ3) is 4.50. The molecule has 0 aliphatic heterocycles. The zero-order chi connectivity index (χ0) is 18.5. The van der Waals surface area contributed by atoms with E-state index < -0.39 is 0 Å². The summed E-state index contributed by atoms with van der Waals surface area (Å²) < 4.78 is 0. The SMILES string of the molecule is Cc1cccc([C@H](NC(=S)Nc2ccc(C)cc2C)c2ccccc2)c1. The first-order valence-electron chi connectivity index (χ1n) is 8.79. The number of rotatable bonds is 4. The number of thiocarbonyl (C=S) groups is 1. The van der Waals surface area contributed by atoms with Crippen LogP contribution in [0.4, 0.5) is 5.69 Å². The van der Waals surface area contributed by atoms with Crippen molar-refractivity contribution in [3.05, 3.63) is 101 Å². The zero-order valence-corrected chi connectivity index (χ0v) is 16.2. The van der Waals surface area contributed by atoms with Gasteiger partial charge in [-0.1, -0.05) is 77.9 Å². The molecule has 0 fully saturated rings. The van der Waals surface area contributed by atoms with Crippen molar-refractivity contribution in [3.63, 3.8) is 0 Å². The molecule has 0 aliphatic rings. The first-order valence-corrected chi connectivity index (χ1v) is 9.20. The minimum absolute atomic E-state index is 0.00172. The first kappa shape index (κ1) is 18.2. The van der Waals surface area contributed by atoms with Crippen LogP contribution in [0, 0.1) is 20.8 Å². The Hall–Kier alpha value is -2.65. The predicted molar refractivity (Wildman–Crippen MR) is 115 cm³/mol. The highest BCUT2D eigenvalue weighted by atomic mass is 32.1. The second-order valence-corrected chi connectivity index (χ2v) is 7.08. The molecule has 0 radical (unpaired) electrons. The Bertz CT molecular complexity index is 903. The molecule has 0 spiro atoms. The molecule has 0 bridgehead atoms. The van der Waals surface area contributed by atoms with Crippen LogP contribution >= 0.6 is 12.2 Å². The van der Waals surface area contributed by atoms with Crippen molar-refractivity contribution in [3.8, 4) is 0 Å². The van der Waals surface area contributed by atoms with Gasteiger partial charge >= 0.3 is 0 Å². The van der Waals surface area contributed by atoms with Gasteiger partial charge in [0.1, 0.15) is 0 Å². The number of aryl methyl sites for hydroxylation is 3. The summed E-state index contributed by atoms with van der Waals surface area (Å²) in [6.07, 6.45) is 0. The molecular weight excluding hydrogens is 336 g/mol. The minimum atomic E-state index is 0.00172. The second-order valence-electron chi connectivity index (χ2n) is 6.67. The van der Waals surface area contributed by atoms with E-state index in [-0.39, 0.29) is 6.04 Å². The standard InChI is InChI=1S/C23H24N2S/c1-16-8-7-11-20(15-16)22(19-9-5-4-6-10-19)25-23(26)24-21-13-12-17(2)14-18(21)3/h4-15,22H,1-3H3,(H2,24,25,26)/t22-/m1/s1. The van der Waals surface area contributed by atoms with Gasteiger partial charge in [0.15, 0.2) is 5.11 Å². The van der Waals surface area contributed by atoms with Crippen LogP contribution in [0.2, 0.25) is 0 Å². The summed E-state index contributed by atoms with van der Waals surface area (Å²) in [6.45, 7) is 6.29.